The minimum Gasteiger partial charge on any atom is -0.466 e. The Hall–Kier alpha value is -2.93. The first kappa shape index (κ1) is 61.4. The van der Waals surface area contributed by atoms with E-state index in [1.54, 1.807) is 0 Å². The highest BCUT2D eigenvalue weighted by Crippen LogP contribution is 2.27. The molecule has 356 valence electrons. The van der Waals surface area contributed by atoms with Crippen LogP contribution < -0.4 is 0 Å². The van der Waals surface area contributed by atoms with E-state index >= 15 is 0 Å². The highest BCUT2D eigenvalue weighted by atomic mass is 16.6. The molecule has 1 saturated heterocycles. The number of ether oxygens (including phenoxy) is 5. The highest BCUT2D eigenvalue weighted by molar-refractivity contribution is 5.78. The van der Waals surface area contributed by atoms with Crippen LogP contribution in [0.2, 0.25) is 0 Å². The second kappa shape index (κ2) is 47.1. The third-order valence-corrected chi connectivity index (χ3v) is 9.50. The van der Waals surface area contributed by atoms with Crippen LogP contribution in [-0.4, -0.2) is 116 Å². The van der Waals surface area contributed by atoms with Gasteiger partial charge in [-0.1, -0.05) is 165 Å². The topological polar surface area (TPSA) is 158 Å². The lowest BCUT2D eigenvalue weighted by Crippen LogP contribution is -2.62. The van der Waals surface area contributed by atoms with E-state index in [9.17, 15) is 29.1 Å². The molecule has 0 aromatic carbocycles. The molecule has 2 atom stereocenters. The van der Waals surface area contributed by atoms with Gasteiger partial charge in [-0.3, -0.25) is 29.0 Å². The average Bonchev–Trinajstić information content (AvgIpc) is 3.22. The Labute approximate surface area is 366 Å². The second-order valence-electron chi connectivity index (χ2n) is 15.2. The summed E-state index contributed by atoms with van der Waals surface area (Å²) in [5.41, 5.74) is 0. The Morgan fingerprint density at radius 2 is 0.867 bits per heavy atom. The summed E-state index contributed by atoms with van der Waals surface area (Å²) < 4.78 is 26.1. The molecule has 0 aromatic rings. The zero-order chi connectivity index (χ0) is 45.7. The number of likely N-dealkylation sites (tertiary alicyclic amines) is 1. The molecule has 1 fully saturated rings. The number of carbonyl (C=O) groups is 5. The lowest BCUT2D eigenvalue weighted by molar-refractivity contribution is -0.154. The second-order valence-corrected chi connectivity index (χ2v) is 15.2. The minimum absolute atomic E-state index is 0.0741. The fourth-order valence-corrected chi connectivity index (χ4v) is 5.85. The summed E-state index contributed by atoms with van der Waals surface area (Å²) in [5.74, 6) is -1.84. The summed E-state index contributed by atoms with van der Waals surface area (Å²) in [6.07, 6.45) is 23.4. The van der Waals surface area contributed by atoms with Crippen molar-refractivity contribution in [2.75, 3.05) is 59.3 Å². The van der Waals surface area contributed by atoms with E-state index in [2.05, 4.69) is 34.6 Å². The Balaban J connectivity index is -0.00000150. The number of aliphatic hydroxyl groups excluding tert-OH is 1. The monoisotopic (exact) mass is 861 g/mol. The molecule has 0 aromatic heterocycles. The maximum Gasteiger partial charge on any atom is 0.410 e. The number of hydrogen-bond acceptors (Lipinski definition) is 12. The van der Waals surface area contributed by atoms with Gasteiger partial charge in [0, 0.05) is 6.92 Å². The average molecular weight is 861 g/mol. The van der Waals surface area contributed by atoms with Gasteiger partial charge in [-0.15, -0.1) is 0 Å². The number of esters is 4. The molecule has 13 nitrogen and oxygen atoms in total. The minimum atomic E-state index is -0.642. The van der Waals surface area contributed by atoms with Crippen molar-refractivity contribution in [1.29, 1.82) is 0 Å². The van der Waals surface area contributed by atoms with E-state index in [1.807, 2.05) is 20.8 Å². The number of unbranched alkanes of at least 4 members (excludes halogenated alkanes) is 16. The predicted molar refractivity (Wildman–Crippen MR) is 241 cm³/mol. The number of hydrogen-bond donors (Lipinski definition) is 1. The lowest BCUT2D eigenvalue weighted by Gasteiger charge is -2.46. The summed E-state index contributed by atoms with van der Waals surface area (Å²) >= 11 is 0. The van der Waals surface area contributed by atoms with E-state index in [0.717, 1.165) is 44.9 Å². The summed E-state index contributed by atoms with van der Waals surface area (Å²) in [4.78, 5) is 63.1. The number of amides is 1. The van der Waals surface area contributed by atoms with Crippen LogP contribution in [0.3, 0.4) is 0 Å². The Kier molecular flexibility index (Phi) is 48.2. The number of carbonyl (C=O) groups excluding carboxylic acids is 5. The fraction of sp³-hybridized carbons (Fsp3) is 0.894. The first-order chi connectivity index (χ1) is 29.0. The van der Waals surface area contributed by atoms with E-state index in [1.165, 1.54) is 100 Å². The van der Waals surface area contributed by atoms with Gasteiger partial charge in [0.15, 0.2) is 0 Å². The van der Waals surface area contributed by atoms with E-state index < -0.39 is 30.0 Å². The normalized spacial score (nSPS) is 13.9. The molecule has 60 heavy (non-hydrogen) atoms. The molecule has 1 aliphatic rings. The van der Waals surface area contributed by atoms with Crippen molar-refractivity contribution in [1.82, 2.24) is 9.80 Å². The fourth-order valence-electron chi connectivity index (χ4n) is 5.85. The van der Waals surface area contributed by atoms with Crippen molar-refractivity contribution in [2.24, 2.45) is 0 Å². The van der Waals surface area contributed by atoms with Crippen LogP contribution in [0.25, 0.3) is 0 Å². The molecule has 0 aliphatic carbocycles. The van der Waals surface area contributed by atoms with Gasteiger partial charge >= 0.3 is 30.0 Å². The van der Waals surface area contributed by atoms with Crippen LogP contribution in [0.4, 0.5) is 4.79 Å². The van der Waals surface area contributed by atoms with Gasteiger partial charge in [0.1, 0.15) is 6.61 Å². The van der Waals surface area contributed by atoms with Crippen molar-refractivity contribution >= 4 is 30.0 Å². The third kappa shape index (κ3) is 39.2. The van der Waals surface area contributed by atoms with Crippen molar-refractivity contribution in [2.45, 2.75) is 216 Å². The summed E-state index contributed by atoms with van der Waals surface area (Å²) in [5, 5.41) is 9.51. The highest BCUT2D eigenvalue weighted by Gasteiger charge is 2.43. The van der Waals surface area contributed by atoms with E-state index in [4.69, 9.17) is 23.7 Å². The number of aliphatic hydroxyl groups is 1. The maximum absolute atomic E-state index is 12.7. The molecule has 1 amide bonds. The summed E-state index contributed by atoms with van der Waals surface area (Å²) in [7, 11) is 0. The molecule has 1 N–H and O–H groups in total. The molecule has 2 unspecified atom stereocenters. The molecular formula is C47H92N2O11. The zero-order valence-electron chi connectivity index (χ0n) is 40.0. The maximum atomic E-state index is 12.7. The first-order valence-corrected chi connectivity index (χ1v) is 23.9. The first-order valence-electron chi connectivity index (χ1n) is 23.9. The van der Waals surface area contributed by atoms with Crippen LogP contribution in [0.5, 0.6) is 0 Å². The largest absolute Gasteiger partial charge is 0.466 e. The molecule has 1 rings (SSSR count). The number of nitrogens with zero attached hydrogens (tertiary/aromatic N) is 2. The van der Waals surface area contributed by atoms with Gasteiger partial charge in [0.05, 0.1) is 64.8 Å². The third-order valence-electron chi connectivity index (χ3n) is 9.50. The van der Waals surface area contributed by atoms with Crippen molar-refractivity contribution in [3.05, 3.63) is 0 Å². The van der Waals surface area contributed by atoms with Crippen LogP contribution in [0.15, 0.2) is 0 Å². The van der Waals surface area contributed by atoms with Gasteiger partial charge in [-0.2, -0.15) is 0 Å². The Morgan fingerprint density at radius 3 is 1.23 bits per heavy atom. The lowest BCUT2D eigenvalue weighted by atomic mass is 9.95. The number of rotatable bonds is 33. The van der Waals surface area contributed by atoms with Crippen molar-refractivity contribution in [3.63, 3.8) is 0 Å². The molecule has 13 heteroatoms. The van der Waals surface area contributed by atoms with E-state index in [0.29, 0.717) is 32.7 Å². The van der Waals surface area contributed by atoms with Crippen molar-refractivity contribution in [3.8, 4) is 0 Å². The Bertz CT molecular complexity index is 980. The summed E-state index contributed by atoms with van der Waals surface area (Å²) in [6, 6.07) is -0.786. The van der Waals surface area contributed by atoms with Crippen LogP contribution in [0, 0.1) is 0 Å². The van der Waals surface area contributed by atoms with Gasteiger partial charge in [0.25, 0.3) is 0 Å². The SMILES string of the molecule is CC.CCCC.CCCCCCCCOC(=O)CN(CC(=O)OCCCCCCCC)CC(=O)OCC1CC(CO)N1C(=O)OCCC.CCCCCCCCOC(C)=O. The van der Waals surface area contributed by atoms with Crippen LogP contribution in [-0.2, 0) is 42.9 Å². The molecular weight excluding hydrogens is 769 g/mol. The van der Waals surface area contributed by atoms with Crippen LogP contribution in [0.1, 0.15) is 204 Å². The quantitative estimate of drug-likeness (QED) is 0.0379. The zero-order valence-corrected chi connectivity index (χ0v) is 40.0. The molecule has 0 saturated carbocycles. The van der Waals surface area contributed by atoms with Gasteiger partial charge < -0.3 is 28.8 Å². The van der Waals surface area contributed by atoms with Gasteiger partial charge in [-0.05, 0) is 32.1 Å². The molecule has 0 radical (unpaired) electrons. The molecule has 1 aliphatic heterocycles. The molecule has 0 bridgehead atoms. The van der Waals surface area contributed by atoms with Crippen LogP contribution >= 0.6 is 0 Å². The summed E-state index contributed by atoms with van der Waals surface area (Å²) in [6.45, 7) is 18.6. The Morgan fingerprint density at radius 1 is 0.483 bits per heavy atom. The molecule has 0 spiro atoms. The van der Waals surface area contributed by atoms with Crippen molar-refractivity contribution < 1.29 is 52.8 Å². The van der Waals surface area contributed by atoms with Gasteiger partial charge in [-0.25, -0.2) is 4.79 Å². The molecule has 1 heterocycles. The smallest absolute Gasteiger partial charge is 0.410 e. The van der Waals surface area contributed by atoms with Gasteiger partial charge in [0.2, 0.25) is 0 Å². The van der Waals surface area contributed by atoms with E-state index in [-0.39, 0.29) is 51.5 Å². The predicted octanol–water partition coefficient (Wildman–Crippen LogP) is 10.4. The standard InChI is InChI=1S/C31H56N2O9.C10H20O2.C4H10.C2H6/c1-4-7-9-11-13-15-18-39-28(35)21-32(22-29(36)40-19-16-14-12-10-8-5-2)23-30(37)42-25-27-20-26(24-34)33(27)31(38)41-17-6-3;1-3-4-5-6-7-8-9-12-10(2)11;1-3-4-2;1-2/h26-27,34H,4-25H2,1-3H3;3-9H2,1-2H3;3-4H2,1-2H3;1-2H3.